The number of hydrogen-bond acceptors (Lipinski definition) is 4. The summed E-state index contributed by atoms with van der Waals surface area (Å²) in [6, 6.07) is 16.9. The van der Waals surface area contributed by atoms with Crippen molar-refractivity contribution in [3.05, 3.63) is 117 Å². The summed E-state index contributed by atoms with van der Waals surface area (Å²) in [5.41, 5.74) is 13.4. The van der Waals surface area contributed by atoms with Gasteiger partial charge in [0.15, 0.2) is 0 Å². The number of halogens is 2. The highest BCUT2D eigenvalue weighted by Gasteiger charge is 2.45. The molecule has 3 N–H and O–H groups in total. The number of carbonyl (C=O) groups excluding carboxylic acids is 1. The fourth-order valence-corrected chi connectivity index (χ4v) is 5.30. The predicted octanol–water partition coefficient (Wildman–Crippen LogP) is 5.68. The summed E-state index contributed by atoms with van der Waals surface area (Å²) in [6.45, 7) is 4.02. The number of nitrogens with one attached hydrogen (secondary N) is 1. The highest BCUT2D eigenvalue weighted by Crippen LogP contribution is 2.55. The quantitative estimate of drug-likeness (QED) is 0.392. The maximum atomic E-state index is 15.3. The molecule has 36 heavy (non-hydrogen) atoms. The number of nitrogen functional groups attached to an aromatic ring is 1. The average molecular weight is 484 g/mol. The molecule has 0 aliphatic carbocycles. The molecule has 3 aromatic carbocycles. The lowest BCUT2D eigenvalue weighted by molar-refractivity contribution is 0.0846. The maximum Gasteiger partial charge on any atom is 0.251 e. The minimum Gasteiger partial charge on any atom is -0.384 e. The third kappa shape index (κ3) is 3.55. The van der Waals surface area contributed by atoms with E-state index in [9.17, 15) is 9.18 Å². The lowest BCUT2D eigenvalue weighted by atomic mass is 9.83. The second-order valence-corrected chi connectivity index (χ2v) is 9.32. The van der Waals surface area contributed by atoms with Crippen molar-refractivity contribution in [2.45, 2.75) is 32.6 Å². The summed E-state index contributed by atoms with van der Waals surface area (Å²) >= 11 is 0. The molecule has 0 saturated heterocycles. The summed E-state index contributed by atoms with van der Waals surface area (Å²) in [7, 11) is 0. The number of nitrogens with zero attached hydrogens (tertiary/aromatic N) is 1. The van der Waals surface area contributed by atoms with Gasteiger partial charge in [-0.2, -0.15) is 0 Å². The van der Waals surface area contributed by atoms with E-state index in [0.29, 0.717) is 16.9 Å². The molecule has 0 saturated carbocycles. The van der Waals surface area contributed by atoms with Crippen molar-refractivity contribution in [3.8, 4) is 11.1 Å². The van der Waals surface area contributed by atoms with Crippen molar-refractivity contribution in [1.82, 2.24) is 10.3 Å². The zero-order valence-electron chi connectivity index (χ0n) is 19.7. The van der Waals surface area contributed by atoms with Gasteiger partial charge in [0.1, 0.15) is 29.7 Å². The van der Waals surface area contributed by atoms with Crippen LogP contribution >= 0.6 is 0 Å². The summed E-state index contributed by atoms with van der Waals surface area (Å²) in [6.07, 6.45) is -0.973. The summed E-state index contributed by atoms with van der Waals surface area (Å²) in [5, 5.41) is 2.87. The Morgan fingerprint density at radius 1 is 0.944 bits per heavy atom. The maximum absolute atomic E-state index is 15.3. The second-order valence-electron chi connectivity index (χ2n) is 9.32. The van der Waals surface area contributed by atoms with Crippen molar-refractivity contribution in [3.63, 3.8) is 0 Å². The van der Waals surface area contributed by atoms with E-state index in [-0.39, 0.29) is 23.8 Å². The Morgan fingerprint density at radius 2 is 1.69 bits per heavy atom. The van der Waals surface area contributed by atoms with E-state index in [1.165, 1.54) is 18.2 Å². The van der Waals surface area contributed by atoms with Gasteiger partial charge in [0.2, 0.25) is 0 Å². The number of fused-ring (bicyclic) bond motifs is 8. The van der Waals surface area contributed by atoms with Gasteiger partial charge in [0.25, 0.3) is 5.91 Å². The van der Waals surface area contributed by atoms with Crippen LogP contribution in [0.3, 0.4) is 0 Å². The Labute approximate surface area is 206 Å². The van der Waals surface area contributed by atoms with E-state index < -0.39 is 18.0 Å². The van der Waals surface area contributed by atoms with Crippen LogP contribution in [0.1, 0.15) is 61.6 Å². The Morgan fingerprint density at radius 3 is 2.44 bits per heavy atom. The number of amides is 1. The van der Waals surface area contributed by atoms with Crippen molar-refractivity contribution in [2.24, 2.45) is 0 Å². The molecule has 2 aliphatic rings. The highest BCUT2D eigenvalue weighted by atomic mass is 19.1. The molecule has 0 spiro atoms. The number of nitrogens with two attached hydrogens (primary N) is 1. The monoisotopic (exact) mass is 483 g/mol. The molecule has 3 heterocycles. The van der Waals surface area contributed by atoms with Crippen molar-refractivity contribution < 1.29 is 18.3 Å². The first kappa shape index (κ1) is 22.4. The molecule has 5 nitrogen and oxygen atoms in total. The van der Waals surface area contributed by atoms with Crippen LogP contribution in [0.25, 0.3) is 11.1 Å². The van der Waals surface area contributed by atoms with Gasteiger partial charge in [-0.05, 0) is 89.2 Å². The van der Waals surface area contributed by atoms with E-state index in [1.807, 2.05) is 32.0 Å². The van der Waals surface area contributed by atoms with Crippen LogP contribution in [0.5, 0.6) is 0 Å². The zero-order chi connectivity index (χ0) is 25.1. The van der Waals surface area contributed by atoms with Crippen LogP contribution < -0.4 is 11.1 Å². The molecular weight excluding hydrogens is 460 g/mol. The first-order chi connectivity index (χ1) is 17.3. The molecule has 1 amide bonds. The molecule has 6 rings (SSSR count). The Bertz CT molecular complexity index is 1530. The van der Waals surface area contributed by atoms with E-state index in [1.54, 1.807) is 24.3 Å². The molecule has 2 unspecified atom stereocenters. The average Bonchev–Trinajstić information content (AvgIpc) is 3.41. The van der Waals surface area contributed by atoms with Gasteiger partial charge in [-0.15, -0.1) is 0 Å². The van der Waals surface area contributed by atoms with E-state index in [2.05, 4.69) is 10.3 Å². The number of anilines is 1. The molecule has 2 aliphatic heterocycles. The highest BCUT2D eigenvalue weighted by molar-refractivity contribution is 5.94. The van der Waals surface area contributed by atoms with Crippen LogP contribution in [0.15, 0.2) is 60.7 Å². The van der Waals surface area contributed by atoms with E-state index in [4.69, 9.17) is 10.5 Å². The molecule has 2 bridgehead atoms. The predicted molar refractivity (Wildman–Crippen MR) is 132 cm³/mol. The molecule has 7 heteroatoms. The Hall–Kier alpha value is -4.10. The van der Waals surface area contributed by atoms with Crippen LogP contribution in [-0.2, 0) is 11.3 Å². The molecule has 2 atom stereocenters. The molecule has 4 aromatic rings. The van der Waals surface area contributed by atoms with Crippen LogP contribution in [0, 0.1) is 25.5 Å². The van der Waals surface area contributed by atoms with Crippen LogP contribution in [-0.4, -0.2) is 10.9 Å². The second kappa shape index (κ2) is 8.24. The third-order valence-corrected chi connectivity index (χ3v) is 7.07. The Balaban J connectivity index is 1.27. The summed E-state index contributed by atoms with van der Waals surface area (Å²) in [4.78, 5) is 17.2. The fourth-order valence-electron chi connectivity index (χ4n) is 5.30. The van der Waals surface area contributed by atoms with Crippen molar-refractivity contribution in [1.29, 1.82) is 0 Å². The van der Waals surface area contributed by atoms with Gasteiger partial charge in [-0.1, -0.05) is 24.3 Å². The van der Waals surface area contributed by atoms with Crippen LogP contribution in [0.2, 0.25) is 0 Å². The molecule has 0 radical (unpaired) electrons. The van der Waals surface area contributed by atoms with Gasteiger partial charge >= 0.3 is 0 Å². The lowest BCUT2D eigenvalue weighted by Gasteiger charge is -2.19. The number of rotatable bonds is 4. The molecular formula is C29H23F2N3O2. The van der Waals surface area contributed by atoms with E-state index >= 15 is 4.39 Å². The van der Waals surface area contributed by atoms with Crippen molar-refractivity contribution >= 4 is 11.7 Å². The SMILES string of the molecule is Cc1cc(N)nc(C)c1CNC(=O)c1cc(F)c2c(c1)C1OC2c2cc(-c3ccc(F)cc3)ccc21. The first-order valence-electron chi connectivity index (χ1n) is 11.7. The normalized spacial score (nSPS) is 17.1. The number of pyridine rings is 1. The summed E-state index contributed by atoms with van der Waals surface area (Å²) < 4.78 is 34.8. The van der Waals surface area contributed by atoms with Gasteiger partial charge in [-0.25, -0.2) is 13.8 Å². The number of ether oxygens (including phenoxy) is 1. The lowest BCUT2D eigenvalue weighted by Crippen LogP contribution is -2.24. The Kier molecular flexibility index (Phi) is 5.12. The molecule has 1 aromatic heterocycles. The van der Waals surface area contributed by atoms with Gasteiger partial charge in [0.05, 0.1) is 0 Å². The van der Waals surface area contributed by atoms with E-state index in [0.717, 1.165) is 39.1 Å². The largest absolute Gasteiger partial charge is 0.384 e. The van der Waals surface area contributed by atoms with Crippen molar-refractivity contribution in [2.75, 3.05) is 5.73 Å². The van der Waals surface area contributed by atoms with Gasteiger partial charge in [0, 0.05) is 23.4 Å². The van der Waals surface area contributed by atoms with Gasteiger partial charge in [-0.3, -0.25) is 4.79 Å². The number of carbonyl (C=O) groups is 1. The number of aromatic nitrogens is 1. The number of aryl methyl sites for hydroxylation is 2. The minimum atomic E-state index is -0.538. The third-order valence-electron chi connectivity index (χ3n) is 7.07. The number of benzene rings is 3. The molecule has 0 fully saturated rings. The number of hydrogen-bond donors (Lipinski definition) is 2. The fraction of sp³-hybridized carbons (Fsp3) is 0.172. The summed E-state index contributed by atoms with van der Waals surface area (Å²) in [5.74, 6) is -0.707. The van der Waals surface area contributed by atoms with Crippen LogP contribution in [0.4, 0.5) is 14.6 Å². The molecule has 180 valence electrons. The topological polar surface area (TPSA) is 77.2 Å². The standard InChI is InChI=1S/C29H23F2N3O2/c1-14-9-25(32)34-15(2)23(14)13-33-29(35)18-11-22-26(24(31)12-18)28-21-10-17(5-8-20(21)27(22)36-28)16-3-6-19(30)7-4-16/h3-12,27-28H,13H2,1-2H3,(H2,32,34)(H,33,35). The smallest absolute Gasteiger partial charge is 0.251 e. The van der Waals surface area contributed by atoms with Gasteiger partial charge < -0.3 is 15.8 Å². The zero-order valence-corrected chi connectivity index (χ0v) is 19.7. The minimum absolute atomic E-state index is 0.241. The first-order valence-corrected chi connectivity index (χ1v) is 11.7.